The van der Waals surface area contributed by atoms with Crippen molar-refractivity contribution in [2.24, 2.45) is 0 Å². The minimum absolute atomic E-state index is 0.161. The van der Waals surface area contributed by atoms with E-state index in [-0.39, 0.29) is 6.04 Å². The van der Waals surface area contributed by atoms with Crippen LogP contribution >= 0.6 is 0 Å². The first-order valence-electron chi connectivity index (χ1n) is 6.77. The minimum Gasteiger partial charge on any atom is -0.468 e. The van der Waals surface area contributed by atoms with E-state index >= 15 is 0 Å². The normalized spacial score (nSPS) is 13.4. The molecule has 0 bridgehead atoms. The fraction of sp³-hybridized carbons (Fsp3) is 0.533. The highest BCUT2D eigenvalue weighted by molar-refractivity contribution is 5.67. The zero-order chi connectivity index (χ0) is 15.0. The monoisotopic (exact) mass is 280 g/mol. The summed E-state index contributed by atoms with van der Waals surface area (Å²) in [5.41, 5.74) is -0.464. The fourth-order valence-corrected chi connectivity index (χ4v) is 1.51. The summed E-state index contributed by atoms with van der Waals surface area (Å²) in [5, 5.41) is 5.95. The maximum Gasteiger partial charge on any atom is 0.407 e. The molecule has 0 aliphatic heterocycles. The van der Waals surface area contributed by atoms with Crippen molar-refractivity contribution in [1.82, 2.24) is 10.6 Å². The average Bonchev–Trinajstić information content (AvgIpc) is 2.84. The number of carbonyl (C=O) groups is 1. The van der Waals surface area contributed by atoms with Gasteiger partial charge in [-0.05, 0) is 39.8 Å². The fourth-order valence-electron chi connectivity index (χ4n) is 1.51. The Hall–Kier alpha value is -1.75. The Labute approximate surface area is 120 Å². The third-order valence-corrected chi connectivity index (χ3v) is 2.44. The molecule has 0 aliphatic rings. The number of hydrogen-bond acceptors (Lipinski definition) is 4. The van der Waals surface area contributed by atoms with Gasteiger partial charge in [-0.3, -0.25) is 0 Å². The summed E-state index contributed by atoms with van der Waals surface area (Å²) in [6.07, 6.45) is 5.09. The van der Waals surface area contributed by atoms with Gasteiger partial charge in [-0.2, -0.15) is 0 Å². The third kappa shape index (κ3) is 6.99. The molecule has 0 fully saturated rings. The van der Waals surface area contributed by atoms with E-state index in [0.29, 0.717) is 13.1 Å². The van der Waals surface area contributed by atoms with Crippen LogP contribution in [0.5, 0.6) is 0 Å². The predicted molar refractivity (Wildman–Crippen MR) is 78.5 cm³/mol. The number of ether oxygens (including phenoxy) is 1. The van der Waals surface area contributed by atoms with Gasteiger partial charge < -0.3 is 19.8 Å². The molecule has 1 rings (SSSR count). The second kappa shape index (κ2) is 7.75. The van der Waals surface area contributed by atoms with Gasteiger partial charge >= 0.3 is 6.09 Å². The lowest BCUT2D eigenvalue weighted by atomic mass is 10.2. The highest BCUT2D eigenvalue weighted by Crippen LogP contribution is 2.11. The van der Waals surface area contributed by atoms with Gasteiger partial charge in [0.25, 0.3) is 0 Å². The van der Waals surface area contributed by atoms with Crippen molar-refractivity contribution in [3.8, 4) is 0 Å². The van der Waals surface area contributed by atoms with E-state index in [1.54, 1.807) is 6.26 Å². The molecule has 112 valence electrons. The minimum atomic E-state index is -0.464. The number of rotatable bonds is 6. The van der Waals surface area contributed by atoms with Crippen molar-refractivity contribution in [1.29, 1.82) is 0 Å². The Balaban J connectivity index is 2.12. The van der Waals surface area contributed by atoms with Gasteiger partial charge in [0.1, 0.15) is 11.4 Å². The summed E-state index contributed by atoms with van der Waals surface area (Å²) in [6.45, 7) is 8.70. The Bertz CT molecular complexity index is 419. The number of nitrogens with one attached hydrogen (secondary N) is 2. The molecule has 1 atom stereocenters. The van der Waals surface area contributed by atoms with Crippen molar-refractivity contribution in [2.75, 3.05) is 13.1 Å². The van der Waals surface area contributed by atoms with E-state index in [9.17, 15) is 4.79 Å². The molecule has 1 heterocycles. The molecule has 5 nitrogen and oxygen atoms in total. The Kier molecular flexibility index (Phi) is 6.31. The highest BCUT2D eigenvalue weighted by atomic mass is 16.6. The van der Waals surface area contributed by atoms with Crippen LogP contribution in [0, 0.1) is 0 Å². The molecule has 1 unspecified atom stereocenters. The topological polar surface area (TPSA) is 63.5 Å². The van der Waals surface area contributed by atoms with Gasteiger partial charge in [-0.1, -0.05) is 12.2 Å². The maximum atomic E-state index is 11.4. The summed E-state index contributed by atoms with van der Waals surface area (Å²) in [6, 6.07) is 3.97. The van der Waals surface area contributed by atoms with Crippen molar-refractivity contribution in [3.63, 3.8) is 0 Å². The first-order valence-corrected chi connectivity index (χ1v) is 6.77. The van der Waals surface area contributed by atoms with E-state index in [1.807, 2.05) is 52.0 Å². The first kappa shape index (κ1) is 16.3. The number of furan rings is 1. The standard InChI is InChI=1S/C15H24N2O3/c1-12(13-8-7-11-19-13)16-9-5-6-10-17-14(18)20-15(2,3)4/h5-8,11-12,16H,9-10H2,1-4H3,(H,17,18)/b6-5+. The number of amides is 1. The Morgan fingerprint density at radius 1 is 1.40 bits per heavy atom. The summed E-state index contributed by atoms with van der Waals surface area (Å²) in [5.74, 6) is 0.908. The maximum absolute atomic E-state index is 11.4. The second-order valence-electron chi connectivity index (χ2n) is 5.50. The van der Waals surface area contributed by atoms with Crippen LogP contribution in [0.25, 0.3) is 0 Å². The molecule has 20 heavy (non-hydrogen) atoms. The van der Waals surface area contributed by atoms with Gasteiger partial charge in [-0.15, -0.1) is 0 Å². The van der Waals surface area contributed by atoms with Crippen LogP contribution in [0.4, 0.5) is 4.79 Å². The smallest absolute Gasteiger partial charge is 0.407 e. The molecular weight excluding hydrogens is 256 g/mol. The van der Waals surface area contributed by atoms with E-state index in [4.69, 9.17) is 9.15 Å². The first-order chi connectivity index (χ1) is 9.38. The molecule has 0 spiro atoms. The van der Waals surface area contributed by atoms with Crippen LogP contribution in [-0.4, -0.2) is 24.8 Å². The number of carbonyl (C=O) groups excluding carboxylic acids is 1. The molecule has 1 aromatic heterocycles. The van der Waals surface area contributed by atoms with Crippen LogP contribution in [0.2, 0.25) is 0 Å². The van der Waals surface area contributed by atoms with Crippen LogP contribution in [0.1, 0.15) is 39.5 Å². The molecule has 0 aliphatic carbocycles. The van der Waals surface area contributed by atoms with E-state index in [2.05, 4.69) is 10.6 Å². The largest absolute Gasteiger partial charge is 0.468 e. The van der Waals surface area contributed by atoms with Crippen molar-refractivity contribution in [2.45, 2.75) is 39.3 Å². The summed E-state index contributed by atoms with van der Waals surface area (Å²) < 4.78 is 10.4. The van der Waals surface area contributed by atoms with Crippen LogP contribution in [0.3, 0.4) is 0 Å². The lowest BCUT2D eigenvalue weighted by Crippen LogP contribution is -2.32. The Morgan fingerprint density at radius 2 is 2.10 bits per heavy atom. The van der Waals surface area contributed by atoms with Crippen LogP contribution in [0.15, 0.2) is 35.0 Å². The second-order valence-corrected chi connectivity index (χ2v) is 5.50. The van der Waals surface area contributed by atoms with Gasteiger partial charge in [-0.25, -0.2) is 4.79 Å². The van der Waals surface area contributed by atoms with Crippen LogP contribution < -0.4 is 10.6 Å². The molecule has 1 amide bonds. The summed E-state index contributed by atoms with van der Waals surface area (Å²) in [4.78, 5) is 11.4. The summed E-state index contributed by atoms with van der Waals surface area (Å²) in [7, 11) is 0. The van der Waals surface area contributed by atoms with Crippen molar-refractivity contribution < 1.29 is 13.9 Å². The third-order valence-electron chi connectivity index (χ3n) is 2.44. The molecule has 5 heteroatoms. The van der Waals surface area contributed by atoms with Gasteiger partial charge in [0.05, 0.1) is 12.3 Å². The highest BCUT2D eigenvalue weighted by Gasteiger charge is 2.14. The summed E-state index contributed by atoms with van der Waals surface area (Å²) >= 11 is 0. The zero-order valence-corrected chi connectivity index (χ0v) is 12.6. The molecule has 2 N–H and O–H groups in total. The van der Waals surface area contributed by atoms with Crippen LogP contribution in [-0.2, 0) is 4.74 Å². The van der Waals surface area contributed by atoms with E-state index in [1.165, 1.54) is 0 Å². The number of hydrogen-bond donors (Lipinski definition) is 2. The zero-order valence-electron chi connectivity index (χ0n) is 12.6. The van der Waals surface area contributed by atoms with Crippen molar-refractivity contribution >= 4 is 6.09 Å². The lowest BCUT2D eigenvalue weighted by Gasteiger charge is -2.19. The molecular formula is C15H24N2O3. The van der Waals surface area contributed by atoms with E-state index in [0.717, 1.165) is 5.76 Å². The van der Waals surface area contributed by atoms with Crippen molar-refractivity contribution in [3.05, 3.63) is 36.3 Å². The van der Waals surface area contributed by atoms with E-state index < -0.39 is 11.7 Å². The molecule has 0 aromatic carbocycles. The molecule has 1 aromatic rings. The predicted octanol–water partition coefficient (Wildman–Crippen LogP) is 3.01. The number of alkyl carbamates (subject to hydrolysis) is 1. The quantitative estimate of drug-likeness (QED) is 0.786. The lowest BCUT2D eigenvalue weighted by molar-refractivity contribution is 0.0534. The van der Waals surface area contributed by atoms with Gasteiger partial charge in [0.2, 0.25) is 0 Å². The Morgan fingerprint density at radius 3 is 2.70 bits per heavy atom. The SMILES string of the molecule is CC(NC/C=C/CNC(=O)OC(C)(C)C)c1ccco1. The molecule has 0 saturated heterocycles. The molecule has 0 radical (unpaired) electrons. The average molecular weight is 280 g/mol. The van der Waals surface area contributed by atoms with Gasteiger partial charge in [0.15, 0.2) is 0 Å². The van der Waals surface area contributed by atoms with Gasteiger partial charge in [0, 0.05) is 13.1 Å². The molecule has 0 saturated carbocycles.